The summed E-state index contributed by atoms with van der Waals surface area (Å²) in [6.07, 6.45) is 4.63. The largest absolute Gasteiger partial charge is 0.342 e. The highest BCUT2D eigenvalue weighted by atomic mass is 17.1. The summed E-state index contributed by atoms with van der Waals surface area (Å²) in [6, 6.07) is 0. The van der Waals surface area contributed by atoms with Crippen molar-refractivity contribution in [2.75, 3.05) is 0 Å². The third-order valence-electron chi connectivity index (χ3n) is 2.10. The van der Waals surface area contributed by atoms with Crippen LogP contribution in [0, 0.1) is 5.92 Å². The number of hydrogen-bond donors (Lipinski definition) is 1. The number of carbonyl (C=O) groups is 1. The first-order chi connectivity index (χ1) is 5.74. The molecule has 0 aliphatic rings. The lowest BCUT2D eigenvalue weighted by molar-refractivity contribution is -0.235. The fourth-order valence-electron chi connectivity index (χ4n) is 1.22. The maximum absolute atomic E-state index is 10.7. The smallest absolute Gasteiger partial charge is 0.301 e. The normalized spacial score (nSPS) is 12.6. The average Bonchev–Trinajstić information content (AvgIpc) is 2.11. The van der Waals surface area contributed by atoms with Crippen molar-refractivity contribution in [1.82, 2.24) is 0 Å². The van der Waals surface area contributed by atoms with Crippen molar-refractivity contribution in [3.63, 3.8) is 0 Å². The van der Waals surface area contributed by atoms with Crippen LogP contribution in [0.25, 0.3) is 0 Å². The zero-order valence-electron chi connectivity index (χ0n) is 7.88. The molecule has 0 saturated heterocycles. The molecule has 0 spiro atoms. The summed E-state index contributed by atoms with van der Waals surface area (Å²) in [4.78, 5) is 14.3. The van der Waals surface area contributed by atoms with Crippen LogP contribution in [0.4, 0.5) is 0 Å². The van der Waals surface area contributed by atoms with Gasteiger partial charge in [0.1, 0.15) is 0 Å². The quantitative estimate of drug-likeness (QED) is 0.497. The van der Waals surface area contributed by atoms with E-state index in [4.69, 9.17) is 5.26 Å². The van der Waals surface area contributed by atoms with E-state index in [1.54, 1.807) is 0 Å². The van der Waals surface area contributed by atoms with Gasteiger partial charge in [0.05, 0.1) is 6.42 Å². The zero-order valence-corrected chi connectivity index (χ0v) is 7.88. The third kappa shape index (κ3) is 5.13. The van der Waals surface area contributed by atoms with Crippen molar-refractivity contribution in [1.29, 1.82) is 0 Å². The van der Waals surface area contributed by atoms with E-state index in [2.05, 4.69) is 11.8 Å². The lowest BCUT2D eigenvalue weighted by Crippen LogP contribution is -2.09. The summed E-state index contributed by atoms with van der Waals surface area (Å²) in [5, 5.41) is 8.06. The van der Waals surface area contributed by atoms with Gasteiger partial charge in [-0.05, 0) is 12.3 Å². The Hall–Kier alpha value is -0.570. The topological polar surface area (TPSA) is 46.5 Å². The van der Waals surface area contributed by atoms with Crippen LogP contribution in [0.1, 0.15) is 46.0 Å². The minimum atomic E-state index is -0.516. The Balaban J connectivity index is 3.59. The predicted octanol–water partition coefficient (Wildman–Crippen LogP) is 2.61. The standard InChI is InChI=1S/C9H18O3/c1-3-5-6-8(4-2)7-9(10)12-11/h8,11H,3-7H2,1-2H3. The molecule has 0 aromatic rings. The molecule has 0 fully saturated rings. The fourth-order valence-corrected chi connectivity index (χ4v) is 1.22. The van der Waals surface area contributed by atoms with Gasteiger partial charge in [0, 0.05) is 0 Å². The first kappa shape index (κ1) is 11.4. The molecule has 0 amide bonds. The first-order valence-corrected chi connectivity index (χ1v) is 4.58. The molecule has 0 heterocycles. The van der Waals surface area contributed by atoms with Crippen LogP contribution in [0.2, 0.25) is 0 Å². The van der Waals surface area contributed by atoms with Crippen LogP contribution >= 0.6 is 0 Å². The second kappa shape index (κ2) is 7.10. The summed E-state index contributed by atoms with van der Waals surface area (Å²) >= 11 is 0. The number of rotatable bonds is 6. The molecule has 0 aliphatic heterocycles. The SMILES string of the molecule is CCCCC(CC)CC(=O)OO. The van der Waals surface area contributed by atoms with Crippen LogP contribution in [0.15, 0.2) is 0 Å². The van der Waals surface area contributed by atoms with Crippen molar-refractivity contribution in [3.8, 4) is 0 Å². The molecular formula is C9H18O3. The van der Waals surface area contributed by atoms with E-state index in [1.165, 1.54) is 0 Å². The van der Waals surface area contributed by atoms with Crippen LogP contribution in [0.5, 0.6) is 0 Å². The fraction of sp³-hybridized carbons (Fsp3) is 0.889. The van der Waals surface area contributed by atoms with E-state index >= 15 is 0 Å². The Morgan fingerprint density at radius 3 is 2.58 bits per heavy atom. The second-order valence-corrected chi connectivity index (χ2v) is 3.08. The van der Waals surface area contributed by atoms with Gasteiger partial charge in [0.2, 0.25) is 0 Å². The van der Waals surface area contributed by atoms with E-state index in [0.717, 1.165) is 25.7 Å². The van der Waals surface area contributed by atoms with Gasteiger partial charge >= 0.3 is 5.97 Å². The molecule has 12 heavy (non-hydrogen) atoms. The van der Waals surface area contributed by atoms with Gasteiger partial charge in [-0.15, -0.1) is 0 Å². The molecule has 0 radical (unpaired) electrons. The van der Waals surface area contributed by atoms with Crippen LogP contribution in [-0.4, -0.2) is 11.2 Å². The Labute approximate surface area is 73.7 Å². The second-order valence-electron chi connectivity index (χ2n) is 3.08. The average molecular weight is 174 g/mol. The molecule has 0 saturated carbocycles. The lowest BCUT2D eigenvalue weighted by atomic mass is 9.96. The number of unbranched alkanes of at least 4 members (excludes halogenated alkanes) is 1. The molecule has 0 aromatic carbocycles. The van der Waals surface area contributed by atoms with E-state index in [-0.39, 0.29) is 0 Å². The summed E-state index contributed by atoms with van der Waals surface area (Å²) in [5.74, 6) is -0.150. The Morgan fingerprint density at radius 1 is 1.50 bits per heavy atom. The minimum absolute atomic E-state index is 0.340. The maximum Gasteiger partial charge on any atom is 0.342 e. The molecule has 0 bridgehead atoms. The van der Waals surface area contributed by atoms with Crippen molar-refractivity contribution in [2.24, 2.45) is 5.92 Å². The minimum Gasteiger partial charge on any atom is -0.301 e. The zero-order chi connectivity index (χ0) is 9.40. The van der Waals surface area contributed by atoms with Gasteiger partial charge in [-0.2, -0.15) is 5.26 Å². The van der Waals surface area contributed by atoms with Crippen LogP contribution in [-0.2, 0) is 9.68 Å². The van der Waals surface area contributed by atoms with Crippen LogP contribution in [0.3, 0.4) is 0 Å². The van der Waals surface area contributed by atoms with E-state index in [0.29, 0.717) is 12.3 Å². The van der Waals surface area contributed by atoms with E-state index < -0.39 is 5.97 Å². The van der Waals surface area contributed by atoms with Crippen molar-refractivity contribution >= 4 is 5.97 Å². The summed E-state index contributed by atoms with van der Waals surface area (Å²) in [6.45, 7) is 4.17. The van der Waals surface area contributed by atoms with Gasteiger partial charge < -0.3 is 4.89 Å². The van der Waals surface area contributed by atoms with Gasteiger partial charge in [-0.25, -0.2) is 4.79 Å². The molecule has 72 valence electrons. The molecule has 1 atom stereocenters. The van der Waals surface area contributed by atoms with Gasteiger partial charge in [-0.1, -0.05) is 33.1 Å². The molecule has 3 heteroatoms. The highest BCUT2D eigenvalue weighted by Crippen LogP contribution is 2.16. The molecule has 3 nitrogen and oxygen atoms in total. The Bertz CT molecular complexity index is 123. The summed E-state index contributed by atoms with van der Waals surface area (Å²) < 4.78 is 0. The highest BCUT2D eigenvalue weighted by molar-refractivity contribution is 5.68. The number of hydrogen-bond acceptors (Lipinski definition) is 3. The molecule has 0 aromatic heterocycles. The van der Waals surface area contributed by atoms with Gasteiger partial charge in [-0.3, -0.25) is 0 Å². The maximum atomic E-state index is 10.7. The van der Waals surface area contributed by atoms with E-state index in [1.807, 2.05) is 6.92 Å². The molecular weight excluding hydrogens is 156 g/mol. The molecule has 1 N–H and O–H groups in total. The van der Waals surface area contributed by atoms with Crippen molar-refractivity contribution < 1.29 is 14.9 Å². The predicted molar refractivity (Wildman–Crippen MR) is 46.6 cm³/mol. The first-order valence-electron chi connectivity index (χ1n) is 4.58. The summed E-state index contributed by atoms with van der Waals surface area (Å²) in [5.41, 5.74) is 0. The van der Waals surface area contributed by atoms with Gasteiger partial charge in [0.15, 0.2) is 0 Å². The lowest BCUT2D eigenvalue weighted by Gasteiger charge is -2.10. The van der Waals surface area contributed by atoms with E-state index in [9.17, 15) is 4.79 Å². The Kier molecular flexibility index (Phi) is 6.76. The number of carbonyl (C=O) groups excluding carboxylic acids is 1. The van der Waals surface area contributed by atoms with Gasteiger partial charge in [0.25, 0.3) is 0 Å². The molecule has 0 aliphatic carbocycles. The monoisotopic (exact) mass is 174 g/mol. The molecule has 0 rings (SSSR count). The molecule has 1 unspecified atom stereocenters. The highest BCUT2D eigenvalue weighted by Gasteiger charge is 2.12. The van der Waals surface area contributed by atoms with Crippen LogP contribution < -0.4 is 0 Å². The van der Waals surface area contributed by atoms with Crippen molar-refractivity contribution in [3.05, 3.63) is 0 Å². The Morgan fingerprint density at radius 2 is 2.17 bits per heavy atom. The third-order valence-corrected chi connectivity index (χ3v) is 2.10. The summed E-state index contributed by atoms with van der Waals surface area (Å²) in [7, 11) is 0. The van der Waals surface area contributed by atoms with Crippen molar-refractivity contribution in [2.45, 2.75) is 46.0 Å².